The zero-order chi connectivity index (χ0) is 22.1. The van der Waals surface area contributed by atoms with Crippen molar-refractivity contribution in [3.05, 3.63) is 46.2 Å². The second-order valence-electron chi connectivity index (χ2n) is 7.04. The predicted octanol–water partition coefficient (Wildman–Crippen LogP) is 4.63. The molecule has 7 nitrogen and oxygen atoms in total. The fourth-order valence-corrected chi connectivity index (χ4v) is 4.99. The van der Waals surface area contributed by atoms with E-state index in [4.69, 9.17) is 18.9 Å². The van der Waals surface area contributed by atoms with Crippen LogP contribution in [0.1, 0.15) is 22.8 Å². The lowest BCUT2D eigenvalue weighted by molar-refractivity contribution is -0.116. The van der Waals surface area contributed by atoms with Crippen LogP contribution in [0.15, 0.2) is 35.7 Å². The zero-order valence-electron chi connectivity index (χ0n) is 17.6. The summed E-state index contributed by atoms with van der Waals surface area (Å²) >= 11 is 1.58. The largest absolute Gasteiger partial charge is 0.502 e. The third-order valence-corrected chi connectivity index (χ3v) is 6.49. The van der Waals surface area contributed by atoms with Crippen molar-refractivity contribution in [2.24, 2.45) is 0 Å². The van der Waals surface area contributed by atoms with Crippen molar-refractivity contribution in [2.75, 3.05) is 33.8 Å². The average molecular weight is 442 g/mol. The fourth-order valence-electron chi connectivity index (χ4n) is 3.83. The molecule has 0 radical (unpaired) electrons. The number of anilines is 1. The van der Waals surface area contributed by atoms with Gasteiger partial charge in [0, 0.05) is 28.2 Å². The molecule has 2 aromatic carbocycles. The van der Waals surface area contributed by atoms with Crippen LogP contribution < -0.4 is 24.3 Å². The van der Waals surface area contributed by atoms with E-state index in [9.17, 15) is 9.90 Å². The van der Waals surface area contributed by atoms with Gasteiger partial charge in [-0.3, -0.25) is 4.79 Å². The number of phenols is 1. The first kappa shape index (κ1) is 20.9. The second-order valence-corrected chi connectivity index (χ2v) is 7.95. The lowest BCUT2D eigenvalue weighted by Crippen LogP contribution is -2.22. The summed E-state index contributed by atoms with van der Waals surface area (Å²) in [5.74, 6) is 1.53. The van der Waals surface area contributed by atoms with Crippen molar-refractivity contribution in [1.29, 1.82) is 0 Å². The molecule has 0 unspecified atom stereocenters. The highest BCUT2D eigenvalue weighted by molar-refractivity contribution is 7.11. The molecule has 8 heteroatoms. The van der Waals surface area contributed by atoms with Crippen molar-refractivity contribution < 1.29 is 28.8 Å². The molecule has 0 spiro atoms. The van der Waals surface area contributed by atoms with Crippen molar-refractivity contribution in [2.45, 2.75) is 12.3 Å². The molecule has 1 aliphatic rings. The highest BCUT2D eigenvalue weighted by Gasteiger charge is 2.32. The SMILES string of the molecule is COc1ccc(-c2csc3c2NC(=O)C[C@@H]3c2cc(OC)c(O)c(OC)c2)cc1OC. The summed E-state index contributed by atoms with van der Waals surface area (Å²) in [6, 6.07) is 9.17. The van der Waals surface area contributed by atoms with Gasteiger partial charge in [-0.25, -0.2) is 0 Å². The average Bonchev–Trinajstić information content (AvgIpc) is 3.21. The van der Waals surface area contributed by atoms with Gasteiger partial charge < -0.3 is 29.4 Å². The van der Waals surface area contributed by atoms with E-state index in [-0.39, 0.29) is 24.0 Å². The summed E-state index contributed by atoms with van der Waals surface area (Å²) in [4.78, 5) is 13.7. The third kappa shape index (κ3) is 3.63. The molecule has 0 fully saturated rings. The van der Waals surface area contributed by atoms with E-state index < -0.39 is 0 Å². The second kappa shape index (κ2) is 8.39. The zero-order valence-corrected chi connectivity index (χ0v) is 18.5. The van der Waals surface area contributed by atoms with E-state index in [1.807, 2.05) is 23.6 Å². The van der Waals surface area contributed by atoms with Gasteiger partial charge in [-0.15, -0.1) is 11.3 Å². The molecule has 0 saturated heterocycles. The highest BCUT2D eigenvalue weighted by Crippen LogP contribution is 2.49. The molecule has 31 heavy (non-hydrogen) atoms. The summed E-state index contributed by atoms with van der Waals surface area (Å²) in [5.41, 5.74) is 3.45. The van der Waals surface area contributed by atoms with Crippen LogP contribution in [0, 0.1) is 0 Å². The van der Waals surface area contributed by atoms with Gasteiger partial charge in [0.25, 0.3) is 0 Å². The predicted molar refractivity (Wildman–Crippen MR) is 119 cm³/mol. The third-order valence-electron chi connectivity index (χ3n) is 5.39. The highest BCUT2D eigenvalue weighted by atomic mass is 32.1. The number of thiophene rings is 1. The number of hydrogen-bond acceptors (Lipinski definition) is 7. The summed E-state index contributed by atoms with van der Waals surface area (Å²) in [5, 5.41) is 15.3. The lowest BCUT2D eigenvalue weighted by atomic mass is 9.88. The van der Waals surface area contributed by atoms with Gasteiger partial charge in [-0.2, -0.15) is 0 Å². The van der Waals surface area contributed by atoms with Gasteiger partial charge in [-0.05, 0) is 35.4 Å². The van der Waals surface area contributed by atoms with Crippen LogP contribution in [0.25, 0.3) is 11.1 Å². The molecule has 2 N–H and O–H groups in total. The van der Waals surface area contributed by atoms with E-state index in [0.717, 1.165) is 27.3 Å². The van der Waals surface area contributed by atoms with Crippen molar-refractivity contribution in [3.63, 3.8) is 0 Å². The molecule has 0 bridgehead atoms. The number of ether oxygens (including phenoxy) is 4. The van der Waals surface area contributed by atoms with Crippen LogP contribution in [0.3, 0.4) is 0 Å². The van der Waals surface area contributed by atoms with E-state index in [2.05, 4.69) is 5.32 Å². The molecular formula is C23H23NO6S. The number of hydrogen-bond donors (Lipinski definition) is 2. The molecule has 162 valence electrons. The number of carbonyl (C=O) groups excluding carboxylic acids is 1. The fraction of sp³-hybridized carbons (Fsp3) is 0.261. The molecule has 0 aliphatic carbocycles. The number of aromatic hydroxyl groups is 1. The first-order valence-corrected chi connectivity index (χ1v) is 10.5. The molecular weight excluding hydrogens is 418 g/mol. The molecule has 1 amide bonds. The summed E-state index contributed by atoms with van der Waals surface area (Å²) in [6.45, 7) is 0. The Morgan fingerprint density at radius 1 is 0.935 bits per heavy atom. The number of nitrogens with one attached hydrogen (secondary N) is 1. The number of benzene rings is 2. The van der Waals surface area contributed by atoms with Crippen LogP contribution >= 0.6 is 11.3 Å². The normalized spacial score (nSPS) is 15.1. The van der Waals surface area contributed by atoms with E-state index in [1.54, 1.807) is 37.7 Å². The monoisotopic (exact) mass is 441 g/mol. The molecule has 1 aliphatic heterocycles. The Kier molecular flexibility index (Phi) is 5.65. The number of carbonyl (C=O) groups is 1. The minimum atomic E-state index is -0.189. The number of rotatable bonds is 6. The van der Waals surface area contributed by atoms with Crippen molar-refractivity contribution in [1.82, 2.24) is 0 Å². The van der Waals surface area contributed by atoms with Gasteiger partial charge >= 0.3 is 0 Å². The maximum absolute atomic E-state index is 12.6. The van der Waals surface area contributed by atoms with Crippen molar-refractivity contribution in [3.8, 4) is 39.9 Å². The number of phenolic OH excluding ortho intramolecular Hbond substituents is 1. The number of fused-ring (bicyclic) bond motifs is 1. The van der Waals surface area contributed by atoms with Crippen LogP contribution in [-0.2, 0) is 4.79 Å². The Morgan fingerprint density at radius 3 is 2.19 bits per heavy atom. The lowest BCUT2D eigenvalue weighted by Gasteiger charge is -2.25. The van der Waals surface area contributed by atoms with E-state index in [0.29, 0.717) is 23.0 Å². The summed E-state index contributed by atoms with van der Waals surface area (Å²) < 4.78 is 21.4. The Hall–Kier alpha value is -3.39. The van der Waals surface area contributed by atoms with Crippen LogP contribution in [0.4, 0.5) is 5.69 Å². The number of amides is 1. The van der Waals surface area contributed by atoms with E-state index >= 15 is 0 Å². The molecule has 0 saturated carbocycles. The Bertz CT molecular complexity index is 1110. The van der Waals surface area contributed by atoms with Gasteiger partial charge in [0.05, 0.1) is 34.1 Å². The molecule has 3 aromatic rings. The molecule has 1 aromatic heterocycles. The summed E-state index contributed by atoms with van der Waals surface area (Å²) in [7, 11) is 6.15. The Labute approximate surface area is 184 Å². The van der Waals surface area contributed by atoms with Crippen molar-refractivity contribution >= 4 is 22.9 Å². The van der Waals surface area contributed by atoms with E-state index in [1.165, 1.54) is 14.2 Å². The van der Waals surface area contributed by atoms with Gasteiger partial charge in [0.1, 0.15) is 0 Å². The maximum Gasteiger partial charge on any atom is 0.225 e. The van der Waals surface area contributed by atoms with Gasteiger partial charge in [-0.1, -0.05) is 6.07 Å². The summed E-state index contributed by atoms with van der Waals surface area (Å²) in [6.07, 6.45) is 0.288. The van der Waals surface area contributed by atoms with Crippen LogP contribution in [0.5, 0.6) is 28.7 Å². The molecule has 4 rings (SSSR count). The van der Waals surface area contributed by atoms with Crippen LogP contribution in [0.2, 0.25) is 0 Å². The van der Waals surface area contributed by atoms with Gasteiger partial charge in [0.2, 0.25) is 11.7 Å². The van der Waals surface area contributed by atoms with Gasteiger partial charge in [0.15, 0.2) is 23.0 Å². The topological polar surface area (TPSA) is 86.3 Å². The maximum atomic E-state index is 12.6. The first-order valence-electron chi connectivity index (χ1n) is 9.59. The standard InChI is InChI=1S/C23H23NO6S/c1-27-16-6-5-12(7-17(16)28-2)15-11-31-23-14(10-20(25)24-21(15)23)13-8-18(29-3)22(26)19(9-13)30-4/h5-9,11,14,26H,10H2,1-4H3,(H,24,25)/t14-/m1/s1. The Morgan fingerprint density at radius 2 is 1.58 bits per heavy atom. The van der Waals surface area contributed by atoms with Crippen LogP contribution in [-0.4, -0.2) is 39.5 Å². The first-order chi connectivity index (χ1) is 15.0. The quantitative estimate of drug-likeness (QED) is 0.580. The minimum Gasteiger partial charge on any atom is -0.502 e. The molecule has 2 heterocycles. The smallest absolute Gasteiger partial charge is 0.225 e. The molecule has 1 atom stereocenters. The number of methoxy groups -OCH3 is 4. The Balaban J connectivity index is 1.81. The minimum absolute atomic E-state index is 0.0635.